The Kier molecular flexibility index (Phi) is 6.01. The summed E-state index contributed by atoms with van der Waals surface area (Å²) < 4.78 is 2.06. The quantitative estimate of drug-likeness (QED) is 0.230. The van der Waals surface area contributed by atoms with E-state index < -0.39 is 5.41 Å². The van der Waals surface area contributed by atoms with Gasteiger partial charge in [0.15, 0.2) is 0 Å². The molecule has 1 unspecified atom stereocenters. The summed E-state index contributed by atoms with van der Waals surface area (Å²) in [5.41, 5.74) is 5.19. The third-order valence-corrected chi connectivity index (χ3v) is 9.48. The Morgan fingerprint density at radius 3 is 2.57 bits per heavy atom. The van der Waals surface area contributed by atoms with E-state index in [1.165, 1.54) is 19.3 Å². The van der Waals surface area contributed by atoms with E-state index in [1.807, 2.05) is 24.3 Å². The molecule has 42 heavy (non-hydrogen) atoms. The molecule has 4 aliphatic carbocycles. The van der Waals surface area contributed by atoms with E-state index in [0.29, 0.717) is 22.6 Å². The van der Waals surface area contributed by atoms with Crippen molar-refractivity contribution in [2.75, 3.05) is 17.2 Å². The molecule has 9 heteroatoms. The molecule has 2 aromatic heterocycles. The fourth-order valence-electron chi connectivity index (χ4n) is 6.43. The van der Waals surface area contributed by atoms with Crippen molar-refractivity contribution in [3.8, 4) is 12.1 Å². The molecular weight excluding hydrogens is 544 g/mol. The van der Waals surface area contributed by atoms with Gasteiger partial charge in [0, 0.05) is 23.8 Å². The Morgan fingerprint density at radius 2 is 1.93 bits per heavy atom. The van der Waals surface area contributed by atoms with Crippen LogP contribution in [0.25, 0.3) is 10.9 Å². The van der Waals surface area contributed by atoms with Crippen LogP contribution in [-0.2, 0) is 11.0 Å². The lowest BCUT2D eigenvalue weighted by atomic mass is 9.50. The lowest BCUT2D eigenvalue weighted by Crippen LogP contribution is -2.59. The van der Waals surface area contributed by atoms with Crippen molar-refractivity contribution in [1.82, 2.24) is 20.0 Å². The van der Waals surface area contributed by atoms with Gasteiger partial charge in [-0.3, -0.25) is 4.98 Å². The smallest absolute Gasteiger partial charge is 0.109 e. The number of benzene rings is 2. The molecule has 0 aliphatic heterocycles. The van der Waals surface area contributed by atoms with E-state index in [1.54, 1.807) is 6.20 Å². The van der Waals surface area contributed by atoms with E-state index in [-0.39, 0.29) is 17.0 Å². The van der Waals surface area contributed by atoms with Gasteiger partial charge in [0.25, 0.3) is 0 Å². The zero-order valence-electron chi connectivity index (χ0n) is 24.1. The van der Waals surface area contributed by atoms with Gasteiger partial charge in [-0.15, -0.1) is 5.10 Å². The van der Waals surface area contributed by atoms with E-state index in [4.69, 9.17) is 11.6 Å². The van der Waals surface area contributed by atoms with Crippen molar-refractivity contribution < 1.29 is 0 Å². The average molecular weight is 577 g/mol. The molecule has 0 spiro atoms. The second-order valence-corrected chi connectivity index (χ2v) is 14.0. The minimum Gasteiger partial charge on any atom is -0.383 e. The number of nitrogens with one attached hydrogen (secondary N) is 2. The van der Waals surface area contributed by atoms with Crippen LogP contribution in [0.1, 0.15) is 81.3 Å². The number of hydrogen-bond donors (Lipinski definition) is 2. The van der Waals surface area contributed by atoms with E-state index in [9.17, 15) is 10.5 Å². The summed E-state index contributed by atoms with van der Waals surface area (Å²) in [6.07, 6.45) is 8.93. The van der Waals surface area contributed by atoms with Gasteiger partial charge in [-0.25, -0.2) is 4.68 Å². The summed E-state index contributed by atoms with van der Waals surface area (Å²) in [6, 6.07) is 16.6. The summed E-state index contributed by atoms with van der Waals surface area (Å²) in [4.78, 5) is 4.52. The Hall–Kier alpha value is -4.14. The van der Waals surface area contributed by atoms with Crippen molar-refractivity contribution in [1.29, 1.82) is 10.5 Å². The van der Waals surface area contributed by atoms with Gasteiger partial charge in [-0.1, -0.05) is 61.9 Å². The zero-order chi connectivity index (χ0) is 29.3. The van der Waals surface area contributed by atoms with Crippen molar-refractivity contribution in [2.24, 2.45) is 11.3 Å². The van der Waals surface area contributed by atoms with Gasteiger partial charge >= 0.3 is 0 Å². The first-order valence-electron chi connectivity index (χ1n) is 14.6. The van der Waals surface area contributed by atoms with Crippen LogP contribution < -0.4 is 10.6 Å². The summed E-state index contributed by atoms with van der Waals surface area (Å²) in [5.74, 6) is 0.830. The normalized spacial score (nSPS) is 22.3. The third kappa shape index (κ3) is 4.46. The van der Waals surface area contributed by atoms with Crippen LogP contribution in [-0.4, -0.2) is 26.5 Å². The molecule has 2 aromatic carbocycles. The van der Waals surface area contributed by atoms with Crippen LogP contribution in [0.3, 0.4) is 0 Å². The maximum Gasteiger partial charge on any atom is 0.109 e. The van der Waals surface area contributed by atoms with Crippen LogP contribution in [0.15, 0.2) is 48.8 Å². The monoisotopic (exact) mass is 576 g/mol. The molecule has 4 fully saturated rings. The highest BCUT2D eigenvalue weighted by Gasteiger charge is 2.59. The van der Waals surface area contributed by atoms with Crippen molar-refractivity contribution >= 4 is 33.9 Å². The molecular formula is C33H33ClN8. The minimum atomic E-state index is -0.400. The predicted octanol–water partition coefficient (Wildman–Crippen LogP) is 7.08. The van der Waals surface area contributed by atoms with Gasteiger partial charge < -0.3 is 10.6 Å². The fraction of sp³-hybridized carbons (Fsp3) is 0.424. The number of halogens is 1. The van der Waals surface area contributed by atoms with E-state index >= 15 is 0 Å². The molecule has 4 saturated carbocycles. The number of nitriles is 2. The molecule has 2 N–H and O–H groups in total. The number of pyridine rings is 1. The highest BCUT2D eigenvalue weighted by atomic mass is 35.5. The van der Waals surface area contributed by atoms with E-state index in [0.717, 1.165) is 52.3 Å². The lowest BCUT2D eigenvalue weighted by Gasteiger charge is -2.61. The highest BCUT2D eigenvalue weighted by Crippen LogP contribution is 2.62. The molecule has 212 valence electrons. The molecule has 0 saturated heterocycles. The van der Waals surface area contributed by atoms with Crippen LogP contribution in [0.2, 0.25) is 5.02 Å². The van der Waals surface area contributed by atoms with Gasteiger partial charge in [-0.05, 0) is 66.7 Å². The highest BCUT2D eigenvalue weighted by molar-refractivity contribution is 6.35. The maximum absolute atomic E-state index is 9.88. The predicted molar refractivity (Wildman–Crippen MR) is 163 cm³/mol. The van der Waals surface area contributed by atoms with Gasteiger partial charge in [-0.2, -0.15) is 10.5 Å². The number of rotatable bonds is 8. The van der Waals surface area contributed by atoms with Crippen molar-refractivity contribution in [2.45, 2.75) is 69.9 Å². The number of aromatic nitrogens is 4. The molecule has 4 aromatic rings. The third-order valence-electron chi connectivity index (χ3n) is 9.19. The van der Waals surface area contributed by atoms with Gasteiger partial charge in [0.2, 0.25) is 0 Å². The lowest BCUT2D eigenvalue weighted by molar-refractivity contribution is -0.0989. The Morgan fingerprint density at radius 1 is 1.14 bits per heavy atom. The standard InChI is InChI=1S/C33H33ClN8/c1-31(2,3)19-38-28-22(15-35)16-37-30-25(28)10-24(11-26(30)34)39-29(21-5-4-6-23(9-21)32(18-36)7-8-32)27-17-42(41-40-27)33-12-20(13-33)14-33/h4-6,9-11,16-17,20,29,39H,7-8,12-14,19H2,1-3H3,(H,37,38). The number of nitrogens with zero attached hydrogens (tertiary/aromatic N) is 6. The maximum atomic E-state index is 9.88. The molecule has 0 amide bonds. The molecule has 0 radical (unpaired) electrons. The van der Waals surface area contributed by atoms with E-state index in [2.05, 4.69) is 81.9 Å². The molecule has 8 nitrogen and oxygen atoms in total. The van der Waals surface area contributed by atoms with Crippen LogP contribution in [0.4, 0.5) is 11.4 Å². The summed E-state index contributed by atoms with van der Waals surface area (Å²) in [7, 11) is 0. The van der Waals surface area contributed by atoms with Crippen LogP contribution in [0.5, 0.6) is 0 Å². The fourth-order valence-corrected chi connectivity index (χ4v) is 6.69. The summed E-state index contributed by atoms with van der Waals surface area (Å²) in [6.45, 7) is 7.11. The molecule has 1 atom stereocenters. The first-order valence-corrected chi connectivity index (χ1v) is 15.0. The molecule has 8 rings (SSSR count). The summed E-state index contributed by atoms with van der Waals surface area (Å²) in [5, 5.41) is 37.4. The minimum absolute atomic E-state index is 0.00660. The second kappa shape index (κ2) is 9.44. The molecule has 2 bridgehead atoms. The van der Waals surface area contributed by atoms with Crippen molar-refractivity contribution in [3.05, 3.63) is 76.2 Å². The largest absolute Gasteiger partial charge is 0.383 e. The van der Waals surface area contributed by atoms with Gasteiger partial charge in [0.1, 0.15) is 11.8 Å². The first-order chi connectivity index (χ1) is 20.1. The topological polar surface area (TPSA) is 115 Å². The first kappa shape index (κ1) is 26.7. The van der Waals surface area contributed by atoms with Crippen molar-refractivity contribution in [3.63, 3.8) is 0 Å². The Bertz CT molecular complexity index is 1780. The SMILES string of the molecule is CC(C)(C)CNc1c(C#N)cnc2c(Cl)cc(NC(c3cccc(C4(C#N)CC4)c3)c3cn(C45CC(C4)C5)nn3)cc12. The number of hydrogen-bond acceptors (Lipinski definition) is 7. The average Bonchev–Trinajstić information content (AvgIpc) is 3.59. The Labute approximate surface area is 250 Å². The number of anilines is 2. The Balaban J connectivity index is 1.31. The molecule has 4 aliphatic rings. The van der Waals surface area contributed by atoms with Crippen LogP contribution in [0, 0.1) is 34.0 Å². The summed E-state index contributed by atoms with van der Waals surface area (Å²) >= 11 is 6.82. The number of fused-ring (bicyclic) bond motifs is 1. The van der Waals surface area contributed by atoms with Crippen LogP contribution >= 0.6 is 11.6 Å². The second-order valence-electron chi connectivity index (χ2n) is 13.6. The van der Waals surface area contributed by atoms with Gasteiger partial charge in [0.05, 0.1) is 51.1 Å². The zero-order valence-corrected chi connectivity index (χ0v) is 24.8. The molecule has 2 heterocycles.